The maximum atomic E-state index is 12.0. The Morgan fingerprint density at radius 3 is 1.95 bits per heavy atom. The zero-order valence-corrected chi connectivity index (χ0v) is 24.9. The van der Waals surface area contributed by atoms with Crippen molar-refractivity contribution in [3.05, 3.63) is 96.4 Å². The molecule has 3 rings (SSSR count). The van der Waals surface area contributed by atoms with E-state index in [9.17, 15) is 4.79 Å². The highest BCUT2D eigenvalue weighted by atomic mass is 16.6. The molecule has 0 radical (unpaired) electrons. The van der Waals surface area contributed by atoms with Crippen LogP contribution < -0.4 is 19.9 Å². The van der Waals surface area contributed by atoms with Crippen molar-refractivity contribution in [3.8, 4) is 23.0 Å². The highest BCUT2D eigenvalue weighted by Gasteiger charge is 2.31. The number of carbonyl (C=O) groups is 1. The fourth-order valence-corrected chi connectivity index (χ4v) is 3.11. The third kappa shape index (κ3) is 12.6. The Hall–Kier alpha value is -4.13. The number of rotatable bonds is 13. The van der Waals surface area contributed by atoms with E-state index in [1.54, 1.807) is 51.3 Å². The first-order valence-corrected chi connectivity index (χ1v) is 13.8. The maximum Gasteiger partial charge on any atom is 0.349 e. The molecule has 0 aliphatic rings. The molecule has 7 heteroatoms. The first kappa shape index (κ1) is 33.9. The van der Waals surface area contributed by atoms with Crippen LogP contribution in [0.3, 0.4) is 0 Å². The maximum absolute atomic E-state index is 12.0. The van der Waals surface area contributed by atoms with E-state index in [-0.39, 0.29) is 0 Å². The van der Waals surface area contributed by atoms with Crippen LogP contribution >= 0.6 is 0 Å². The van der Waals surface area contributed by atoms with E-state index >= 15 is 0 Å². The van der Waals surface area contributed by atoms with Crippen LogP contribution in [0, 0.1) is 0 Å². The van der Waals surface area contributed by atoms with Crippen LogP contribution in [0.2, 0.25) is 0 Å². The fraction of sp³-hybridized carbons (Fsp3) is 0.364. The van der Waals surface area contributed by atoms with Gasteiger partial charge in [0, 0.05) is 12.1 Å². The fourth-order valence-electron chi connectivity index (χ4n) is 3.11. The van der Waals surface area contributed by atoms with Gasteiger partial charge in [0.25, 0.3) is 0 Å². The van der Waals surface area contributed by atoms with E-state index in [1.165, 1.54) is 0 Å². The van der Waals surface area contributed by atoms with E-state index in [0.29, 0.717) is 43.4 Å². The molecule has 7 nitrogen and oxygen atoms in total. The quantitative estimate of drug-likeness (QED) is 0.170. The van der Waals surface area contributed by atoms with Gasteiger partial charge in [0.05, 0.1) is 13.2 Å². The standard InChI is InChI=1S/C29H33NO6.2C2H6/c1-4-33-28(31)29(2,3)36-27-16-14-24(15-17-27)34-19-18-23(30)21-32-20-22-10-12-26(13-11-22)35-25-8-6-5-7-9-25;2*1-2/h5-17,21H,4,18-20,30H2,1-3H3;2*1-2H3/b23-21-;;. The molecule has 3 aromatic rings. The van der Waals surface area contributed by atoms with Crippen LogP contribution in [0.4, 0.5) is 0 Å². The first-order chi connectivity index (χ1) is 19.4. The molecule has 0 unspecified atom stereocenters. The largest absolute Gasteiger partial charge is 0.495 e. The first-order valence-electron chi connectivity index (χ1n) is 13.8. The molecule has 218 valence electrons. The van der Waals surface area contributed by atoms with Crippen molar-refractivity contribution in [2.75, 3.05) is 13.2 Å². The number of hydrogen-bond acceptors (Lipinski definition) is 7. The molecule has 0 fully saturated rings. The minimum Gasteiger partial charge on any atom is -0.495 e. The highest BCUT2D eigenvalue weighted by Crippen LogP contribution is 2.23. The number of carbonyl (C=O) groups excluding carboxylic acids is 1. The third-order valence-electron chi connectivity index (χ3n) is 5.01. The topological polar surface area (TPSA) is 89.2 Å². The lowest BCUT2D eigenvalue weighted by molar-refractivity contribution is -0.158. The van der Waals surface area contributed by atoms with E-state index < -0.39 is 11.6 Å². The van der Waals surface area contributed by atoms with Gasteiger partial charge in [0.15, 0.2) is 5.60 Å². The smallest absolute Gasteiger partial charge is 0.349 e. The van der Waals surface area contributed by atoms with E-state index in [1.807, 2.05) is 82.3 Å². The molecule has 0 saturated carbocycles. The summed E-state index contributed by atoms with van der Waals surface area (Å²) in [6.07, 6.45) is 2.06. The second-order valence-corrected chi connectivity index (χ2v) is 8.47. The second kappa shape index (κ2) is 19.0. The summed E-state index contributed by atoms with van der Waals surface area (Å²) in [4.78, 5) is 12.0. The Bertz CT molecular complexity index is 1110. The van der Waals surface area contributed by atoms with Gasteiger partial charge >= 0.3 is 5.97 Å². The Labute approximate surface area is 239 Å². The van der Waals surface area contributed by atoms with Crippen LogP contribution in [-0.2, 0) is 20.9 Å². The molecule has 0 aliphatic carbocycles. The van der Waals surface area contributed by atoms with Crippen molar-refractivity contribution in [3.63, 3.8) is 0 Å². The molecule has 3 aromatic carbocycles. The number of hydrogen-bond donors (Lipinski definition) is 1. The van der Waals surface area contributed by atoms with Gasteiger partial charge in [-0.15, -0.1) is 0 Å². The van der Waals surface area contributed by atoms with E-state index in [2.05, 4.69) is 0 Å². The van der Waals surface area contributed by atoms with Gasteiger partial charge in [0.2, 0.25) is 0 Å². The molecule has 0 amide bonds. The van der Waals surface area contributed by atoms with Crippen molar-refractivity contribution in [1.82, 2.24) is 0 Å². The van der Waals surface area contributed by atoms with Crippen LogP contribution in [0.1, 0.15) is 60.5 Å². The lowest BCUT2D eigenvalue weighted by atomic mass is 10.1. The van der Waals surface area contributed by atoms with Gasteiger partial charge in [-0.3, -0.25) is 0 Å². The molecular formula is C33H45NO6. The molecule has 0 aliphatic heterocycles. The Morgan fingerprint density at radius 2 is 1.35 bits per heavy atom. The number of para-hydroxylation sites is 1. The number of benzene rings is 3. The minimum atomic E-state index is -1.07. The number of nitrogens with two attached hydrogens (primary N) is 1. The molecule has 0 saturated heterocycles. The third-order valence-corrected chi connectivity index (χ3v) is 5.01. The lowest BCUT2D eigenvalue weighted by Gasteiger charge is -2.24. The van der Waals surface area contributed by atoms with E-state index in [4.69, 9.17) is 29.4 Å². The van der Waals surface area contributed by atoms with Gasteiger partial charge in [0.1, 0.15) is 35.9 Å². The summed E-state index contributed by atoms with van der Waals surface area (Å²) in [6.45, 7) is 14.2. The zero-order valence-electron chi connectivity index (χ0n) is 24.9. The van der Waals surface area contributed by atoms with Gasteiger partial charge in [-0.05, 0) is 74.9 Å². The summed E-state index contributed by atoms with van der Waals surface area (Å²) < 4.78 is 27.9. The molecule has 40 heavy (non-hydrogen) atoms. The van der Waals surface area contributed by atoms with Crippen LogP contribution in [0.25, 0.3) is 0 Å². The molecule has 0 aromatic heterocycles. The molecule has 0 heterocycles. The summed E-state index contributed by atoms with van der Waals surface area (Å²) in [5, 5.41) is 0. The van der Waals surface area contributed by atoms with Crippen molar-refractivity contribution in [2.45, 2.75) is 67.1 Å². The Kier molecular flexibility index (Phi) is 16.1. The van der Waals surface area contributed by atoms with Crippen molar-refractivity contribution >= 4 is 5.97 Å². The zero-order chi connectivity index (χ0) is 29.8. The van der Waals surface area contributed by atoms with Crippen molar-refractivity contribution in [2.24, 2.45) is 5.73 Å². The predicted octanol–water partition coefficient (Wildman–Crippen LogP) is 8.04. The minimum absolute atomic E-state index is 0.304. The average molecular weight is 552 g/mol. The van der Waals surface area contributed by atoms with Gasteiger partial charge in [-0.1, -0.05) is 58.0 Å². The Morgan fingerprint density at radius 1 is 0.800 bits per heavy atom. The Balaban J connectivity index is 0.00000191. The van der Waals surface area contributed by atoms with Crippen LogP contribution in [0.15, 0.2) is 90.8 Å². The average Bonchev–Trinajstić information content (AvgIpc) is 2.97. The lowest BCUT2D eigenvalue weighted by Crippen LogP contribution is -2.39. The number of ether oxygens (including phenoxy) is 5. The summed E-state index contributed by atoms with van der Waals surface area (Å²) >= 11 is 0. The monoisotopic (exact) mass is 551 g/mol. The van der Waals surface area contributed by atoms with Crippen LogP contribution in [-0.4, -0.2) is 24.8 Å². The normalized spacial score (nSPS) is 10.6. The molecule has 0 bridgehead atoms. The molecule has 0 atom stereocenters. The van der Waals surface area contributed by atoms with Crippen molar-refractivity contribution < 1.29 is 28.5 Å². The van der Waals surface area contributed by atoms with Gasteiger partial charge in [-0.2, -0.15) is 0 Å². The summed E-state index contributed by atoms with van der Waals surface area (Å²) in [7, 11) is 0. The van der Waals surface area contributed by atoms with Crippen molar-refractivity contribution in [1.29, 1.82) is 0 Å². The highest BCUT2D eigenvalue weighted by molar-refractivity contribution is 5.79. The second-order valence-electron chi connectivity index (χ2n) is 8.47. The van der Waals surface area contributed by atoms with E-state index in [0.717, 1.165) is 17.1 Å². The predicted molar refractivity (Wildman–Crippen MR) is 161 cm³/mol. The van der Waals surface area contributed by atoms with Gasteiger partial charge in [-0.25, -0.2) is 4.79 Å². The SMILES string of the molecule is CC.CC.CCOC(=O)C(C)(C)Oc1ccc(OCC/C(N)=C/OCc2ccc(Oc3ccccc3)cc2)cc1. The number of esters is 1. The van der Waals surface area contributed by atoms with Gasteiger partial charge < -0.3 is 29.4 Å². The summed E-state index contributed by atoms with van der Waals surface area (Å²) in [5.74, 6) is 2.36. The molecule has 0 spiro atoms. The summed E-state index contributed by atoms with van der Waals surface area (Å²) in [5.41, 5.74) is 6.54. The summed E-state index contributed by atoms with van der Waals surface area (Å²) in [6, 6.07) is 24.4. The molecular weight excluding hydrogens is 506 g/mol. The molecule has 2 N–H and O–H groups in total. The van der Waals surface area contributed by atoms with Crippen LogP contribution in [0.5, 0.6) is 23.0 Å².